The lowest BCUT2D eigenvalue weighted by Crippen LogP contribution is -2.31. The van der Waals surface area contributed by atoms with Gasteiger partial charge in [-0.2, -0.15) is 0 Å². The van der Waals surface area contributed by atoms with E-state index in [1.807, 2.05) is 36.4 Å². The van der Waals surface area contributed by atoms with E-state index in [-0.39, 0.29) is 23.4 Å². The van der Waals surface area contributed by atoms with E-state index in [2.05, 4.69) is 20.9 Å². The standard InChI is InChI=1S/C17H14BrN3O2S/c18-11-5-4-8-13(9-11)21-15(22)10-14(16(21)23)24-17(19)20-12-6-2-1-3-7-12/h1-9,14H,10H2,(H2,19,20)/t14-/m1/s1. The van der Waals surface area contributed by atoms with E-state index in [4.69, 9.17) is 5.73 Å². The fourth-order valence-electron chi connectivity index (χ4n) is 2.38. The number of carbonyl (C=O) groups excluding carboxylic acids is 2. The number of imide groups is 1. The van der Waals surface area contributed by atoms with Crippen LogP contribution in [-0.2, 0) is 9.59 Å². The van der Waals surface area contributed by atoms with E-state index >= 15 is 0 Å². The topological polar surface area (TPSA) is 75.8 Å². The second-order valence-corrected chi connectivity index (χ2v) is 7.28. The lowest BCUT2D eigenvalue weighted by atomic mass is 10.3. The first kappa shape index (κ1) is 16.7. The minimum atomic E-state index is -0.552. The van der Waals surface area contributed by atoms with E-state index < -0.39 is 5.25 Å². The highest BCUT2D eigenvalue weighted by molar-refractivity contribution is 9.10. The second kappa shape index (κ2) is 7.19. The fraction of sp³-hybridized carbons (Fsp3) is 0.118. The molecule has 0 aromatic heterocycles. The summed E-state index contributed by atoms with van der Waals surface area (Å²) in [5.74, 6) is -0.502. The maximum absolute atomic E-state index is 12.6. The van der Waals surface area contributed by atoms with Crippen molar-refractivity contribution in [3.05, 3.63) is 59.1 Å². The number of nitrogens with zero attached hydrogens (tertiary/aromatic N) is 2. The van der Waals surface area contributed by atoms with Crippen molar-refractivity contribution in [2.45, 2.75) is 11.7 Å². The maximum Gasteiger partial charge on any atom is 0.247 e. The van der Waals surface area contributed by atoms with Gasteiger partial charge in [0.2, 0.25) is 11.8 Å². The summed E-state index contributed by atoms with van der Waals surface area (Å²) < 4.78 is 0.807. The van der Waals surface area contributed by atoms with Crippen molar-refractivity contribution >= 4 is 56.0 Å². The number of amides is 2. The highest BCUT2D eigenvalue weighted by Crippen LogP contribution is 2.31. The van der Waals surface area contributed by atoms with Gasteiger partial charge in [-0.15, -0.1) is 0 Å². The number of thioether (sulfide) groups is 1. The first-order valence-electron chi connectivity index (χ1n) is 7.23. The summed E-state index contributed by atoms with van der Waals surface area (Å²) >= 11 is 4.47. The predicted molar refractivity (Wildman–Crippen MR) is 100 cm³/mol. The Labute approximate surface area is 152 Å². The Kier molecular flexibility index (Phi) is 5.01. The molecule has 1 aliphatic heterocycles. The van der Waals surface area contributed by atoms with Gasteiger partial charge in [0.15, 0.2) is 5.17 Å². The maximum atomic E-state index is 12.6. The summed E-state index contributed by atoms with van der Waals surface area (Å²) in [5.41, 5.74) is 7.19. The minimum Gasteiger partial charge on any atom is -0.378 e. The molecule has 2 aromatic carbocycles. The second-order valence-electron chi connectivity index (χ2n) is 5.14. The number of rotatable bonds is 3. The number of carbonyl (C=O) groups is 2. The quantitative estimate of drug-likeness (QED) is 0.483. The number of para-hydroxylation sites is 1. The van der Waals surface area contributed by atoms with Crippen LogP contribution in [0.2, 0.25) is 0 Å². The van der Waals surface area contributed by atoms with Crippen LogP contribution < -0.4 is 10.6 Å². The number of amidine groups is 1. The van der Waals surface area contributed by atoms with Gasteiger partial charge in [-0.1, -0.05) is 52.0 Å². The van der Waals surface area contributed by atoms with Gasteiger partial charge in [-0.25, -0.2) is 9.89 Å². The molecule has 2 N–H and O–H groups in total. The number of benzene rings is 2. The molecule has 0 saturated carbocycles. The molecule has 0 radical (unpaired) electrons. The Bertz CT molecular complexity index is 810. The molecule has 0 unspecified atom stereocenters. The van der Waals surface area contributed by atoms with Crippen molar-refractivity contribution < 1.29 is 9.59 Å². The SMILES string of the molecule is NC(=Nc1ccccc1)S[C@@H]1CC(=O)N(c2cccc(Br)c2)C1=O. The van der Waals surface area contributed by atoms with Crippen LogP contribution >= 0.6 is 27.7 Å². The Hall–Kier alpha value is -2.12. The lowest BCUT2D eigenvalue weighted by Gasteiger charge is -2.15. The number of anilines is 1. The summed E-state index contributed by atoms with van der Waals surface area (Å²) in [5, 5.41) is -0.285. The van der Waals surface area contributed by atoms with Crippen molar-refractivity contribution in [2.24, 2.45) is 10.7 Å². The normalized spacial score (nSPS) is 18.3. The average Bonchev–Trinajstić information content (AvgIpc) is 2.82. The fourth-order valence-corrected chi connectivity index (χ4v) is 3.65. The Balaban J connectivity index is 1.76. The third-order valence-corrected chi connectivity index (χ3v) is 4.91. The van der Waals surface area contributed by atoms with Crippen LogP contribution in [0.25, 0.3) is 0 Å². The van der Waals surface area contributed by atoms with Crippen molar-refractivity contribution in [1.29, 1.82) is 0 Å². The van der Waals surface area contributed by atoms with Gasteiger partial charge in [0.25, 0.3) is 0 Å². The van der Waals surface area contributed by atoms with Crippen LogP contribution in [0.5, 0.6) is 0 Å². The molecule has 7 heteroatoms. The summed E-state index contributed by atoms with van der Waals surface area (Å²) in [6.07, 6.45) is 0.112. The third kappa shape index (κ3) is 3.68. The Morgan fingerprint density at radius 2 is 1.92 bits per heavy atom. The van der Waals surface area contributed by atoms with Crippen LogP contribution in [0, 0.1) is 0 Å². The minimum absolute atomic E-state index is 0.112. The van der Waals surface area contributed by atoms with Crippen LogP contribution in [0.4, 0.5) is 11.4 Å². The van der Waals surface area contributed by atoms with E-state index in [0.717, 1.165) is 16.2 Å². The van der Waals surface area contributed by atoms with E-state index in [9.17, 15) is 9.59 Å². The lowest BCUT2D eigenvalue weighted by molar-refractivity contribution is -0.121. The Morgan fingerprint density at radius 3 is 2.62 bits per heavy atom. The molecule has 0 aliphatic carbocycles. The molecule has 2 amide bonds. The molecule has 24 heavy (non-hydrogen) atoms. The first-order valence-corrected chi connectivity index (χ1v) is 8.90. The number of halogens is 1. The Morgan fingerprint density at radius 1 is 1.17 bits per heavy atom. The third-order valence-electron chi connectivity index (χ3n) is 3.43. The number of hydrogen-bond donors (Lipinski definition) is 1. The number of aliphatic imine (C=N–C) groups is 1. The van der Waals surface area contributed by atoms with Gasteiger partial charge in [-0.05, 0) is 30.3 Å². The summed E-state index contributed by atoms with van der Waals surface area (Å²) in [6, 6.07) is 16.3. The van der Waals surface area contributed by atoms with Gasteiger partial charge in [0.1, 0.15) is 5.25 Å². The molecule has 1 heterocycles. The molecule has 122 valence electrons. The smallest absolute Gasteiger partial charge is 0.247 e. The highest BCUT2D eigenvalue weighted by Gasteiger charge is 2.40. The van der Waals surface area contributed by atoms with Crippen molar-refractivity contribution in [2.75, 3.05) is 4.90 Å². The van der Waals surface area contributed by atoms with Gasteiger partial charge >= 0.3 is 0 Å². The van der Waals surface area contributed by atoms with Crippen molar-refractivity contribution in [3.63, 3.8) is 0 Å². The molecule has 1 saturated heterocycles. The van der Waals surface area contributed by atoms with Crippen LogP contribution in [0.1, 0.15) is 6.42 Å². The van der Waals surface area contributed by atoms with Gasteiger partial charge in [0, 0.05) is 10.9 Å². The molecule has 0 bridgehead atoms. The van der Waals surface area contributed by atoms with Gasteiger partial charge in [-0.3, -0.25) is 9.59 Å². The molecule has 1 aliphatic rings. The van der Waals surface area contributed by atoms with Crippen LogP contribution in [0.15, 0.2) is 64.1 Å². The molecule has 5 nitrogen and oxygen atoms in total. The van der Waals surface area contributed by atoms with Gasteiger partial charge < -0.3 is 5.73 Å². The van der Waals surface area contributed by atoms with Gasteiger partial charge in [0.05, 0.1) is 11.4 Å². The molecular weight excluding hydrogens is 390 g/mol. The molecule has 2 aromatic rings. The first-order chi connectivity index (χ1) is 11.5. The predicted octanol–water partition coefficient (Wildman–Crippen LogP) is 3.46. The van der Waals surface area contributed by atoms with E-state index in [1.54, 1.807) is 18.2 Å². The molecule has 0 spiro atoms. The number of nitrogens with two attached hydrogens (primary N) is 1. The highest BCUT2D eigenvalue weighted by atomic mass is 79.9. The van der Waals surface area contributed by atoms with Crippen molar-refractivity contribution in [1.82, 2.24) is 0 Å². The molecule has 3 rings (SSSR count). The monoisotopic (exact) mass is 403 g/mol. The zero-order chi connectivity index (χ0) is 17.1. The summed E-state index contributed by atoms with van der Waals surface area (Å²) in [7, 11) is 0. The summed E-state index contributed by atoms with van der Waals surface area (Å²) in [6.45, 7) is 0. The molecule has 1 fully saturated rings. The number of hydrogen-bond acceptors (Lipinski definition) is 4. The summed E-state index contributed by atoms with van der Waals surface area (Å²) in [4.78, 5) is 30.3. The molecule has 1 atom stereocenters. The zero-order valence-corrected chi connectivity index (χ0v) is 15.0. The van der Waals surface area contributed by atoms with Crippen molar-refractivity contribution in [3.8, 4) is 0 Å². The van der Waals surface area contributed by atoms with E-state index in [0.29, 0.717) is 11.4 Å². The molecular formula is C17H14BrN3O2S. The van der Waals surface area contributed by atoms with Crippen LogP contribution in [0.3, 0.4) is 0 Å². The van der Waals surface area contributed by atoms with E-state index in [1.165, 1.54) is 4.90 Å². The van der Waals surface area contributed by atoms with Crippen LogP contribution in [-0.4, -0.2) is 22.2 Å². The zero-order valence-electron chi connectivity index (χ0n) is 12.6. The average molecular weight is 404 g/mol. The largest absolute Gasteiger partial charge is 0.378 e.